The van der Waals surface area contributed by atoms with Crippen molar-refractivity contribution in [2.75, 3.05) is 26.7 Å². The zero-order valence-electron chi connectivity index (χ0n) is 10.3. The molecule has 0 heterocycles. The van der Waals surface area contributed by atoms with E-state index in [1.54, 1.807) is 12.1 Å². The molecule has 0 amide bonds. The molecule has 0 aromatic heterocycles. The maximum Gasteiger partial charge on any atom is 0.269 e. The number of likely N-dealkylation sites (N-methyl/N-ethyl adjacent to an activating group) is 1. The molecule has 17 heavy (non-hydrogen) atoms. The highest BCUT2D eigenvalue weighted by atomic mass is 16.6. The number of nitrogens with one attached hydrogen (secondary N) is 1. The summed E-state index contributed by atoms with van der Waals surface area (Å²) in [4.78, 5) is 12.4. The Bertz CT molecular complexity index is 369. The lowest BCUT2D eigenvalue weighted by Crippen LogP contribution is -2.28. The molecule has 94 valence electrons. The van der Waals surface area contributed by atoms with Crippen molar-refractivity contribution in [2.24, 2.45) is 0 Å². The third-order valence-corrected chi connectivity index (χ3v) is 2.66. The van der Waals surface area contributed by atoms with Crippen molar-refractivity contribution in [2.45, 2.75) is 13.5 Å². The van der Waals surface area contributed by atoms with Gasteiger partial charge in [-0.1, -0.05) is 19.1 Å². The summed E-state index contributed by atoms with van der Waals surface area (Å²) in [5.74, 6) is 0. The molecule has 0 aliphatic carbocycles. The lowest BCUT2D eigenvalue weighted by molar-refractivity contribution is -0.384. The summed E-state index contributed by atoms with van der Waals surface area (Å²) in [7, 11) is 2.06. The first-order chi connectivity index (χ1) is 8.13. The largest absolute Gasteiger partial charge is 0.311 e. The van der Waals surface area contributed by atoms with Gasteiger partial charge in [0.05, 0.1) is 4.92 Å². The minimum atomic E-state index is -0.367. The molecule has 0 radical (unpaired) electrons. The molecule has 1 N–H and O–H groups in total. The van der Waals surface area contributed by atoms with E-state index < -0.39 is 0 Å². The van der Waals surface area contributed by atoms with E-state index in [-0.39, 0.29) is 10.6 Å². The van der Waals surface area contributed by atoms with Gasteiger partial charge < -0.3 is 10.2 Å². The number of nitro benzene ring substituents is 1. The standard InChI is InChI=1S/C12H19N3O2/c1-3-14(2)8-7-13-10-11-5-4-6-12(9-11)15(16)17/h4-6,9,13H,3,7-8,10H2,1-2H3. The van der Waals surface area contributed by atoms with Crippen molar-refractivity contribution >= 4 is 5.69 Å². The van der Waals surface area contributed by atoms with E-state index >= 15 is 0 Å². The maximum absolute atomic E-state index is 10.6. The number of non-ortho nitro benzene ring substituents is 1. The van der Waals surface area contributed by atoms with Gasteiger partial charge in [-0.25, -0.2) is 0 Å². The second-order valence-electron chi connectivity index (χ2n) is 4.00. The summed E-state index contributed by atoms with van der Waals surface area (Å²) in [5.41, 5.74) is 1.09. The van der Waals surface area contributed by atoms with E-state index in [2.05, 4.69) is 24.2 Å². The molecule has 0 fully saturated rings. The number of nitro groups is 1. The summed E-state index contributed by atoms with van der Waals surface area (Å²) in [6.45, 7) is 5.66. The fourth-order valence-electron chi connectivity index (χ4n) is 1.44. The third kappa shape index (κ3) is 4.93. The van der Waals surface area contributed by atoms with Gasteiger partial charge in [0.25, 0.3) is 5.69 Å². The molecule has 0 aliphatic rings. The number of hydrogen-bond acceptors (Lipinski definition) is 4. The zero-order valence-corrected chi connectivity index (χ0v) is 10.3. The molecular weight excluding hydrogens is 218 g/mol. The van der Waals surface area contributed by atoms with Gasteiger partial charge in [0.15, 0.2) is 0 Å². The average Bonchev–Trinajstić information content (AvgIpc) is 2.34. The van der Waals surface area contributed by atoms with Crippen LogP contribution in [0.2, 0.25) is 0 Å². The fraction of sp³-hybridized carbons (Fsp3) is 0.500. The molecule has 0 saturated heterocycles. The van der Waals surface area contributed by atoms with Crippen LogP contribution in [-0.2, 0) is 6.54 Å². The molecule has 1 rings (SSSR count). The van der Waals surface area contributed by atoms with Crippen LogP contribution in [0.1, 0.15) is 12.5 Å². The average molecular weight is 237 g/mol. The molecule has 0 unspecified atom stereocenters. The van der Waals surface area contributed by atoms with E-state index in [0.717, 1.165) is 25.2 Å². The van der Waals surface area contributed by atoms with Gasteiger partial charge in [0.1, 0.15) is 0 Å². The molecule has 0 saturated carbocycles. The van der Waals surface area contributed by atoms with Crippen molar-refractivity contribution in [3.8, 4) is 0 Å². The molecule has 5 nitrogen and oxygen atoms in total. The van der Waals surface area contributed by atoms with Gasteiger partial charge >= 0.3 is 0 Å². The highest BCUT2D eigenvalue weighted by molar-refractivity contribution is 5.34. The van der Waals surface area contributed by atoms with Crippen LogP contribution >= 0.6 is 0 Å². The van der Waals surface area contributed by atoms with Gasteiger partial charge in [-0.2, -0.15) is 0 Å². The lowest BCUT2D eigenvalue weighted by Gasteiger charge is -2.13. The molecule has 5 heteroatoms. The predicted molar refractivity (Wildman–Crippen MR) is 68.0 cm³/mol. The van der Waals surface area contributed by atoms with Gasteiger partial charge in [-0.15, -0.1) is 0 Å². The monoisotopic (exact) mass is 237 g/mol. The van der Waals surface area contributed by atoms with E-state index in [4.69, 9.17) is 0 Å². The van der Waals surface area contributed by atoms with E-state index in [1.807, 2.05) is 6.07 Å². The minimum Gasteiger partial charge on any atom is -0.311 e. The second-order valence-corrected chi connectivity index (χ2v) is 4.00. The molecule has 1 aromatic carbocycles. The Morgan fingerprint density at radius 1 is 1.47 bits per heavy atom. The first-order valence-electron chi connectivity index (χ1n) is 5.76. The molecule has 0 atom stereocenters. The smallest absolute Gasteiger partial charge is 0.269 e. The van der Waals surface area contributed by atoms with Crippen molar-refractivity contribution in [1.29, 1.82) is 0 Å². The van der Waals surface area contributed by atoms with Gasteiger partial charge in [-0.05, 0) is 19.2 Å². The van der Waals surface area contributed by atoms with E-state index in [0.29, 0.717) is 6.54 Å². The third-order valence-electron chi connectivity index (χ3n) is 2.66. The Labute approximate surface area is 102 Å². The van der Waals surface area contributed by atoms with Crippen molar-refractivity contribution < 1.29 is 4.92 Å². The number of rotatable bonds is 7. The Hall–Kier alpha value is -1.46. The van der Waals surface area contributed by atoms with Gasteiger partial charge in [0, 0.05) is 31.8 Å². The lowest BCUT2D eigenvalue weighted by atomic mass is 10.2. The summed E-state index contributed by atoms with van der Waals surface area (Å²) >= 11 is 0. The van der Waals surface area contributed by atoms with Crippen molar-refractivity contribution in [3.05, 3.63) is 39.9 Å². The molecule has 1 aromatic rings. The second kappa shape index (κ2) is 6.98. The fourth-order valence-corrected chi connectivity index (χ4v) is 1.44. The summed E-state index contributed by atoms with van der Waals surface area (Å²) in [5, 5.41) is 13.9. The Kier molecular flexibility index (Phi) is 5.59. The molecular formula is C12H19N3O2. The number of nitrogens with zero attached hydrogens (tertiary/aromatic N) is 2. The van der Waals surface area contributed by atoms with Gasteiger partial charge in [-0.3, -0.25) is 10.1 Å². The Balaban J connectivity index is 2.36. The van der Waals surface area contributed by atoms with Crippen LogP contribution in [0.5, 0.6) is 0 Å². The zero-order chi connectivity index (χ0) is 12.7. The van der Waals surface area contributed by atoms with Crippen molar-refractivity contribution in [1.82, 2.24) is 10.2 Å². The minimum absolute atomic E-state index is 0.148. The summed E-state index contributed by atoms with van der Waals surface area (Å²) < 4.78 is 0. The van der Waals surface area contributed by atoms with Crippen molar-refractivity contribution in [3.63, 3.8) is 0 Å². The first kappa shape index (κ1) is 13.6. The SMILES string of the molecule is CCN(C)CCNCc1cccc([N+](=O)[O-])c1. The normalized spacial score (nSPS) is 10.8. The first-order valence-corrected chi connectivity index (χ1v) is 5.76. The van der Waals surface area contributed by atoms with E-state index in [9.17, 15) is 10.1 Å². The van der Waals surface area contributed by atoms with Crippen LogP contribution in [0.15, 0.2) is 24.3 Å². The molecule has 0 aliphatic heterocycles. The Morgan fingerprint density at radius 3 is 2.88 bits per heavy atom. The van der Waals surface area contributed by atoms with Crippen LogP contribution in [0.3, 0.4) is 0 Å². The van der Waals surface area contributed by atoms with Crippen LogP contribution in [0, 0.1) is 10.1 Å². The molecule has 0 bridgehead atoms. The number of hydrogen-bond donors (Lipinski definition) is 1. The number of benzene rings is 1. The summed E-state index contributed by atoms with van der Waals surface area (Å²) in [6.07, 6.45) is 0. The van der Waals surface area contributed by atoms with E-state index in [1.165, 1.54) is 6.07 Å². The maximum atomic E-state index is 10.6. The van der Waals surface area contributed by atoms with Crippen LogP contribution in [0.25, 0.3) is 0 Å². The quantitative estimate of drug-likeness (QED) is 0.445. The highest BCUT2D eigenvalue weighted by Crippen LogP contribution is 2.12. The highest BCUT2D eigenvalue weighted by Gasteiger charge is 2.04. The predicted octanol–water partition coefficient (Wildman–Crippen LogP) is 1.64. The van der Waals surface area contributed by atoms with Crippen LogP contribution in [0.4, 0.5) is 5.69 Å². The topological polar surface area (TPSA) is 58.4 Å². The van der Waals surface area contributed by atoms with Gasteiger partial charge in [0.2, 0.25) is 0 Å². The van der Waals surface area contributed by atoms with Crippen LogP contribution < -0.4 is 5.32 Å². The molecule has 0 spiro atoms. The van der Waals surface area contributed by atoms with Crippen LogP contribution in [-0.4, -0.2) is 36.5 Å². The Morgan fingerprint density at radius 2 is 2.24 bits per heavy atom. The summed E-state index contributed by atoms with van der Waals surface area (Å²) in [6, 6.07) is 6.72.